The van der Waals surface area contributed by atoms with Crippen LogP contribution in [0.2, 0.25) is 0 Å². The minimum absolute atomic E-state index is 0.0567. The lowest BCUT2D eigenvalue weighted by Crippen LogP contribution is -2.09. The van der Waals surface area contributed by atoms with Gasteiger partial charge in [0.15, 0.2) is 6.29 Å². The fourth-order valence-corrected chi connectivity index (χ4v) is 1.23. The van der Waals surface area contributed by atoms with E-state index >= 15 is 0 Å². The van der Waals surface area contributed by atoms with Crippen molar-refractivity contribution in [2.75, 3.05) is 14.2 Å². The number of hydrogen-bond acceptors (Lipinski definition) is 3. The van der Waals surface area contributed by atoms with E-state index in [-0.39, 0.29) is 5.75 Å². The lowest BCUT2D eigenvalue weighted by molar-refractivity contribution is -0.111. The molecule has 0 heterocycles. The van der Waals surface area contributed by atoms with Gasteiger partial charge in [0.1, 0.15) is 5.75 Å². The van der Waals surface area contributed by atoms with E-state index in [1.54, 1.807) is 18.2 Å². The average Bonchev–Trinajstić information content (AvgIpc) is 2.21. The van der Waals surface area contributed by atoms with Gasteiger partial charge in [0.05, 0.1) is 0 Å². The summed E-state index contributed by atoms with van der Waals surface area (Å²) in [6, 6.07) is 6.34. The van der Waals surface area contributed by atoms with Crippen LogP contribution in [0.4, 0.5) is 8.78 Å². The lowest BCUT2D eigenvalue weighted by atomic mass is 10.2. The summed E-state index contributed by atoms with van der Waals surface area (Å²) < 4.78 is 38.4. The molecule has 84 valence electrons. The molecular weight excluding hydrogens is 206 g/mol. The van der Waals surface area contributed by atoms with E-state index < -0.39 is 12.9 Å². The van der Waals surface area contributed by atoms with Gasteiger partial charge in [-0.25, -0.2) is 0 Å². The van der Waals surface area contributed by atoms with Crippen molar-refractivity contribution >= 4 is 0 Å². The van der Waals surface area contributed by atoms with Crippen LogP contribution in [0.25, 0.3) is 0 Å². The quantitative estimate of drug-likeness (QED) is 0.711. The van der Waals surface area contributed by atoms with Crippen molar-refractivity contribution in [3.8, 4) is 5.75 Å². The van der Waals surface area contributed by atoms with Gasteiger partial charge in [-0.15, -0.1) is 0 Å². The Morgan fingerprint density at radius 3 is 2.20 bits per heavy atom. The van der Waals surface area contributed by atoms with Crippen LogP contribution >= 0.6 is 0 Å². The van der Waals surface area contributed by atoms with Gasteiger partial charge in [0, 0.05) is 19.8 Å². The second kappa shape index (κ2) is 5.63. The van der Waals surface area contributed by atoms with Crippen LogP contribution < -0.4 is 4.74 Å². The smallest absolute Gasteiger partial charge is 0.387 e. The highest BCUT2D eigenvalue weighted by Gasteiger charge is 2.16. The SMILES string of the molecule is COC(OC)c1ccccc1OC(F)F. The Kier molecular flexibility index (Phi) is 4.45. The standard InChI is InChI=1S/C10H12F2O3/c1-13-9(14-2)7-5-3-4-6-8(7)15-10(11)12/h3-6,9-10H,1-2H3. The van der Waals surface area contributed by atoms with Gasteiger partial charge in [-0.05, 0) is 6.07 Å². The predicted molar refractivity (Wildman–Crippen MR) is 49.8 cm³/mol. The molecule has 0 aromatic heterocycles. The largest absolute Gasteiger partial charge is 0.434 e. The average molecular weight is 218 g/mol. The van der Waals surface area contributed by atoms with Crippen LogP contribution in [0.3, 0.4) is 0 Å². The monoisotopic (exact) mass is 218 g/mol. The summed E-state index contributed by atoms with van der Waals surface area (Å²) in [5, 5.41) is 0. The second-order valence-corrected chi connectivity index (χ2v) is 2.72. The van der Waals surface area contributed by atoms with Crippen molar-refractivity contribution in [3.05, 3.63) is 29.8 Å². The fourth-order valence-electron chi connectivity index (χ4n) is 1.23. The van der Waals surface area contributed by atoms with E-state index in [1.165, 1.54) is 20.3 Å². The van der Waals surface area contributed by atoms with Crippen LogP contribution in [0.15, 0.2) is 24.3 Å². The number of halogens is 2. The zero-order valence-corrected chi connectivity index (χ0v) is 8.44. The van der Waals surface area contributed by atoms with Crippen molar-refractivity contribution in [1.29, 1.82) is 0 Å². The van der Waals surface area contributed by atoms with Gasteiger partial charge in [-0.2, -0.15) is 8.78 Å². The molecule has 0 amide bonds. The summed E-state index contributed by atoms with van der Waals surface area (Å²) in [7, 11) is 2.85. The second-order valence-electron chi connectivity index (χ2n) is 2.72. The number of benzene rings is 1. The Bertz CT molecular complexity index is 300. The molecule has 0 fully saturated rings. The van der Waals surface area contributed by atoms with Crippen LogP contribution in [0.1, 0.15) is 11.9 Å². The van der Waals surface area contributed by atoms with Crippen LogP contribution in [-0.2, 0) is 9.47 Å². The molecule has 15 heavy (non-hydrogen) atoms. The first-order valence-corrected chi connectivity index (χ1v) is 4.28. The summed E-state index contributed by atoms with van der Waals surface area (Å²) in [5.74, 6) is 0.0567. The Morgan fingerprint density at radius 2 is 1.67 bits per heavy atom. The number of alkyl halides is 2. The van der Waals surface area contributed by atoms with Crippen molar-refractivity contribution in [3.63, 3.8) is 0 Å². The first-order chi connectivity index (χ1) is 7.19. The summed E-state index contributed by atoms with van der Waals surface area (Å²) >= 11 is 0. The Labute approximate surface area is 86.6 Å². The number of methoxy groups -OCH3 is 2. The Balaban J connectivity index is 2.94. The van der Waals surface area contributed by atoms with Crippen LogP contribution in [0.5, 0.6) is 5.75 Å². The topological polar surface area (TPSA) is 27.7 Å². The van der Waals surface area contributed by atoms with Crippen molar-refractivity contribution in [2.24, 2.45) is 0 Å². The Hall–Kier alpha value is -1.20. The molecule has 5 heteroatoms. The van der Waals surface area contributed by atoms with E-state index in [0.717, 1.165) is 0 Å². The first kappa shape index (κ1) is 11.9. The van der Waals surface area contributed by atoms with Gasteiger partial charge in [-0.1, -0.05) is 18.2 Å². The molecule has 0 saturated carbocycles. The molecule has 0 spiro atoms. The third-order valence-corrected chi connectivity index (χ3v) is 1.82. The third-order valence-electron chi connectivity index (χ3n) is 1.82. The molecule has 1 aromatic rings. The highest BCUT2D eigenvalue weighted by Crippen LogP contribution is 2.28. The summed E-state index contributed by atoms with van der Waals surface area (Å²) in [6.07, 6.45) is -0.708. The molecule has 1 aromatic carbocycles. The van der Waals surface area contributed by atoms with Gasteiger partial charge in [0.2, 0.25) is 0 Å². The molecule has 0 radical (unpaired) electrons. The van der Waals surface area contributed by atoms with Crippen molar-refractivity contribution < 1.29 is 23.0 Å². The third kappa shape index (κ3) is 3.14. The van der Waals surface area contributed by atoms with E-state index in [4.69, 9.17) is 9.47 Å². The van der Waals surface area contributed by atoms with E-state index in [1.807, 2.05) is 0 Å². The van der Waals surface area contributed by atoms with Crippen LogP contribution in [0, 0.1) is 0 Å². The number of rotatable bonds is 5. The predicted octanol–water partition coefficient (Wildman–Crippen LogP) is 2.58. The summed E-state index contributed by atoms with van der Waals surface area (Å²) in [4.78, 5) is 0. The number of ether oxygens (including phenoxy) is 3. The van der Waals surface area contributed by atoms with Crippen LogP contribution in [-0.4, -0.2) is 20.8 Å². The maximum atomic E-state index is 12.1. The van der Waals surface area contributed by atoms with Gasteiger partial charge < -0.3 is 14.2 Å². The highest BCUT2D eigenvalue weighted by atomic mass is 19.3. The maximum Gasteiger partial charge on any atom is 0.387 e. The Morgan fingerprint density at radius 1 is 1.07 bits per heavy atom. The summed E-state index contributed by atoms with van der Waals surface area (Å²) in [5.41, 5.74) is 0.433. The fraction of sp³-hybridized carbons (Fsp3) is 0.400. The zero-order chi connectivity index (χ0) is 11.3. The molecular formula is C10H12F2O3. The van der Waals surface area contributed by atoms with Crippen molar-refractivity contribution in [1.82, 2.24) is 0 Å². The van der Waals surface area contributed by atoms with E-state index in [0.29, 0.717) is 5.56 Å². The molecule has 0 N–H and O–H groups in total. The van der Waals surface area contributed by atoms with Crippen molar-refractivity contribution in [2.45, 2.75) is 12.9 Å². The molecule has 1 rings (SSSR count). The minimum Gasteiger partial charge on any atom is -0.434 e. The minimum atomic E-state index is -2.86. The van der Waals surface area contributed by atoms with E-state index in [2.05, 4.69) is 4.74 Å². The first-order valence-electron chi connectivity index (χ1n) is 4.28. The van der Waals surface area contributed by atoms with Gasteiger partial charge in [0.25, 0.3) is 0 Å². The molecule has 3 nitrogen and oxygen atoms in total. The summed E-state index contributed by atoms with van der Waals surface area (Å²) in [6.45, 7) is -2.86. The molecule has 0 atom stereocenters. The number of para-hydroxylation sites is 1. The lowest BCUT2D eigenvalue weighted by Gasteiger charge is -2.17. The van der Waals surface area contributed by atoms with Gasteiger partial charge >= 0.3 is 6.61 Å². The number of hydrogen-bond donors (Lipinski definition) is 0. The molecule has 0 aliphatic heterocycles. The normalized spacial score (nSPS) is 11.1. The molecule has 0 saturated heterocycles. The molecule has 0 aliphatic rings. The molecule has 0 aliphatic carbocycles. The maximum absolute atomic E-state index is 12.1. The molecule has 0 unspecified atom stereocenters. The highest BCUT2D eigenvalue weighted by molar-refractivity contribution is 5.34. The molecule has 0 bridgehead atoms. The van der Waals surface area contributed by atoms with E-state index in [9.17, 15) is 8.78 Å². The van der Waals surface area contributed by atoms with Gasteiger partial charge in [-0.3, -0.25) is 0 Å². The zero-order valence-electron chi connectivity index (χ0n) is 8.44.